The zero-order chi connectivity index (χ0) is 13.0. The standard InChI is InChI=1S/C14H25N3O/c1-3-4-8-17-9-5-12(6-10-17)13(18)14-15-7-11-16(14)2/h7,11-13,18H,3-6,8-10H2,1-2H3. The van der Waals surface area contributed by atoms with Crippen LogP contribution >= 0.6 is 0 Å². The Bertz CT molecular complexity index is 356. The summed E-state index contributed by atoms with van der Waals surface area (Å²) >= 11 is 0. The van der Waals surface area contributed by atoms with Gasteiger partial charge in [0.05, 0.1) is 0 Å². The molecule has 0 amide bonds. The van der Waals surface area contributed by atoms with Crippen molar-refractivity contribution < 1.29 is 5.11 Å². The number of aryl methyl sites for hydroxylation is 1. The number of imidazole rings is 1. The number of unbranched alkanes of at least 4 members (excludes halogenated alkanes) is 1. The SMILES string of the molecule is CCCCN1CCC(C(O)c2nccn2C)CC1. The Morgan fingerprint density at radius 1 is 1.44 bits per heavy atom. The van der Waals surface area contributed by atoms with Crippen LogP contribution in [0.1, 0.15) is 44.5 Å². The molecule has 1 aromatic heterocycles. The summed E-state index contributed by atoms with van der Waals surface area (Å²) in [5, 5.41) is 10.4. The number of hydrogen-bond donors (Lipinski definition) is 1. The van der Waals surface area contributed by atoms with E-state index in [-0.39, 0.29) is 0 Å². The van der Waals surface area contributed by atoms with Crippen molar-refractivity contribution in [2.75, 3.05) is 19.6 Å². The highest BCUT2D eigenvalue weighted by Gasteiger charge is 2.27. The van der Waals surface area contributed by atoms with Gasteiger partial charge in [0.2, 0.25) is 0 Å². The highest BCUT2D eigenvalue weighted by molar-refractivity contribution is 4.98. The number of aromatic nitrogens is 2. The van der Waals surface area contributed by atoms with Crippen LogP contribution in [0.15, 0.2) is 12.4 Å². The maximum Gasteiger partial charge on any atom is 0.137 e. The van der Waals surface area contributed by atoms with Gasteiger partial charge in [-0.25, -0.2) is 4.98 Å². The summed E-state index contributed by atoms with van der Waals surface area (Å²) in [6.45, 7) is 5.68. The lowest BCUT2D eigenvalue weighted by Gasteiger charge is -2.33. The third-order valence-corrected chi connectivity index (χ3v) is 4.03. The molecule has 0 radical (unpaired) electrons. The smallest absolute Gasteiger partial charge is 0.137 e. The predicted molar refractivity (Wildman–Crippen MR) is 72.2 cm³/mol. The first kappa shape index (κ1) is 13.6. The number of aliphatic hydroxyl groups excluding tert-OH is 1. The van der Waals surface area contributed by atoms with Crippen LogP contribution in [0.3, 0.4) is 0 Å². The van der Waals surface area contributed by atoms with E-state index in [9.17, 15) is 5.11 Å². The van der Waals surface area contributed by atoms with E-state index in [0.717, 1.165) is 31.8 Å². The number of rotatable bonds is 5. The largest absolute Gasteiger partial charge is 0.385 e. The van der Waals surface area contributed by atoms with Crippen molar-refractivity contribution in [3.05, 3.63) is 18.2 Å². The molecule has 0 bridgehead atoms. The Morgan fingerprint density at radius 2 is 2.17 bits per heavy atom. The van der Waals surface area contributed by atoms with Crippen molar-refractivity contribution in [1.82, 2.24) is 14.5 Å². The Labute approximate surface area is 110 Å². The fraction of sp³-hybridized carbons (Fsp3) is 0.786. The van der Waals surface area contributed by atoms with E-state index < -0.39 is 6.10 Å². The Morgan fingerprint density at radius 3 is 2.72 bits per heavy atom. The topological polar surface area (TPSA) is 41.3 Å². The minimum atomic E-state index is -0.404. The van der Waals surface area contributed by atoms with Gasteiger partial charge in [-0.15, -0.1) is 0 Å². The lowest BCUT2D eigenvalue weighted by molar-refractivity contribution is 0.0508. The predicted octanol–water partition coefficient (Wildman–Crippen LogP) is 1.97. The van der Waals surface area contributed by atoms with Crippen LogP contribution in [-0.2, 0) is 7.05 Å². The Kier molecular flexibility index (Phi) is 4.78. The van der Waals surface area contributed by atoms with Crippen molar-refractivity contribution in [3.63, 3.8) is 0 Å². The summed E-state index contributed by atoms with van der Waals surface area (Å²) in [7, 11) is 1.95. The molecule has 4 heteroatoms. The summed E-state index contributed by atoms with van der Waals surface area (Å²) in [6.07, 6.45) is 7.96. The summed E-state index contributed by atoms with van der Waals surface area (Å²) < 4.78 is 1.92. The van der Waals surface area contributed by atoms with Gasteiger partial charge in [0.1, 0.15) is 11.9 Å². The van der Waals surface area contributed by atoms with E-state index in [4.69, 9.17) is 0 Å². The van der Waals surface area contributed by atoms with Crippen LogP contribution in [0.4, 0.5) is 0 Å². The van der Waals surface area contributed by atoms with E-state index in [2.05, 4.69) is 16.8 Å². The average Bonchev–Trinajstić information content (AvgIpc) is 2.82. The monoisotopic (exact) mass is 251 g/mol. The van der Waals surface area contributed by atoms with Crippen LogP contribution in [0, 0.1) is 5.92 Å². The van der Waals surface area contributed by atoms with Crippen molar-refractivity contribution in [2.24, 2.45) is 13.0 Å². The highest BCUT2D eigenvalue weighted by atomic mass is 16.3. The van der Waals surface area contributed by atoms with Crippen molar-refractivity contribution in [1.29, 1.82) is 0 Å². The number of aliphatic hydroxyl groups is 1. The molecule has 2 rings (SSSR count). The lowest BCUT2D eigenvalue weighted by Crippen LogP contribution is -2.36. The second kappa shape index (κ2) is 6.34. The maximum absolute atomic E-state index is 10.4. The third-order valence-electron chi connectivity index (χ3n) is 4.03. The van der Waals surface area contributed by atoms with Gasteiger partial charge in [-0.3, -0.25) is 0 Å². The maximum atomic E-state index is 10.4. The van der Waals surface area contributed by atoms with Crippen LogP contribution in [0.25, 0.3) is 0 Å². The van der Waals surface area contributed by atoms with Crippen LogP contribution < -0.4 is 0 Å². The quantitative estimate of drug-likeness (QED) is 0.870. The Hall–Kier alpha value is -0.870. The molecule has 0 saturated carbocycles. The second-order valence-electron chi connectivity index (χ2n) is 5.37. The minimum absolute atomic E-state index is 0.365. The summed E-state index contributed by atoms with van der Waals surface area (Å²) in [5.74, 6) is 1.17. The first-order valence-corrected chi connectivity index (χ1v) is 7.10. The zero-order valence-corrected chi connectivity index (χ0v) is 11.5. The van der Waals surface area contributed by atoms with E-state index in [1.54, 1.807) is 6.20 Å². The number of piperidine rings is 1. The zero-order valence-electron chi connectivity index (χ0n) is 11.5. The van der Waals surface area contributed by atoms with Crippen LogP contribution in [-0.4, -0.2) is 39.2 Å². The molecule has 1 unspecified atom stereocenters. The molecular formula is C14H25N3O. The number of hydrogen-bond acceptors (Lipinski definition) is 3. The normalized spacial score (nSPS) is 20.2. The van der Waals surface area contributed by atoms with Gasteiger partial charge in [-0.2, -0.15) is 0 Å². The fourth-order valence-electron chi connectivity index (χ4n) is 2.75. The van der Waals surface area contributed by atoms with E-state index in [1.165, 1.54) is 19.4 Å². The fourth-order valence-corrected chi connectivity index (χ4v) is 2.75. The van der Waals surface area contributed by atoms with Crippen molar-refractivity contribution in [3.8, 4) is 0 Å². The summed E-state index contributed by atoms with van der Waals surface area (Å²) in [4.78, 5) is 6.78. The van der Waals surface area contributed by atoms with Crippen LogP contribution in [0.2, 0.25) is 0 Å². The minimum Gasteiger partial charge on any atom is -0.385 e. The third kappa shape index (κ3) is 3.12. The second-order valence-corrected chi connectivity index (χ2v) is 5.37. The van der Waals surface area contributed by atoms with E-state index in [0.29, 0.717) is 5.92 Å². The average molecular weight is 251 g/mol. The first-order valence-electron chi connectivity index (χ1n) is 7.10. The number of nitrogens with zero attached hydrogens (tertiary/aromatic N) is 3. The first-order chi connectivity index (χ1) is 8.72. The van der Waals surface area contributed by atoms with E-state index >= 15 is 0 Å². The molecule has 1 atom stereocenters. The molecule has 18 heavy (non-hydrogen) atoms. The van der Waals surface area contributed by atoms with Crippen LogP contribution in [0.5, 0.6) is 0 Å². The summed E-state index contributed by atoms with van der Waals surface area (Å²) in [5.41, 5.74) is 0. The highest BCUT2D eigenvalue weighted by Crippen LogP contribution is 2.29. The van der Waals surface area contributed by atoms with E-state index in [1.807, 2.05) is 17.8 Å². The van der Waals surface area contributed by atoms with Gasteiger partial charge >= 0.3 is 0 Å². The molecule has 1 aromatic rings. The van der Waals surface area contributed by atoms with Gasteiger partial charge in [0.25, 0.3) is 0 Å². The van der Waals surface area contributed by atoms with Gasteiger partial charge < -0.3 is 14.6 Å². The molecule has 1 aliphatic rings. The molecule has 1 saturated heterocycles. The lowest BCUT2D eigenvalue weighted by atomic mass is 9.90. The Balaban J connectivity index is 1.84. The molecule has 0 aliphatic carbocycles. The molecular weight excluding hydrogens is 226 g/mol. The molecule has 4 nitrogen and oxygen atoms in total. The summed E-state index contributed by atoms with van der Waals surface area (Å²) in [6, 6.07) is 0. The molecule has 2 heterocycles. The molecule has 1 N–H and O–H groups in total. The molecule has 1 fully saturated rings. The molecule has 0 spiro atoms. The van der Waals surface area contributed by atoms with Gasteiger partial charge in [-0.1, -0.05) is 13.3 Å². The molecule has 0 aromatic carbocycles. The number of likely N-dealkylation sites (tertiary alicyclic amines) is 1. The van der Waals surface area contributed by atoms with Gasteiger partial charge in [-0.05, 0) is 44.8 Å². The van der Waals surface area contributed by atoms with Gasteiger partial charge in [0.15, 0.2) is 0 Å². The van der Waals surface area contributed by atoms with Crippen molar-refractivity contribution in [2.45, 2.75) is 38.7 Å². The van der Waals surface area contributed by atoms with Gasteiger partial charge in [0, 0.05) is 19.4 Å². The van der Waals surface area contributed by atoms with Crippen molar-refractivity contribution >= 4 is 0 Å². The molecule has 102 valence electrons. The molecule has 1 aliphatic heterocycles.